The Morgan fingerprint density at radius 1 is 1.39 bits per heavy atom. The number of hydrogen-bond acceptors (Lipinski definition) is 6. The Labute approximate surface area is 138 Å². The molecule has 0 radical (unpaired) electrons. The zero-order chi connectivity index (χ0) is 16.8. The smallest absolute Gasteiger partial charge is 0.327 e. The van der Waals surface area contributed by atoms with Gasteiger partial charge in [-0.1, -0.05) is 29.4 Å². The number of amides is 1. The summed E-state index contributed by atoms with van der Waals surface area (Å²) in [7, 11) is 0. The number of nitrogens with one attached hydrogen (secondary N) is 1. The van der Waals surface area contributed by atoms with Crippen molar-refractivity contribution in [3.05, 3.63) is 35.4 Å². The van der Waals surface area contributed by atoms with Crippen molar-refractivity contribution >= 4 is 30.5 Å². The molecule has 0 aliphatic heterocycles. The molecule has 8 nitrogen and oxygen atoms in total. The highest BCUT2D eigenvalue weighted by atomic mass is 32.1. The molecule has 0 saturated carbocycles. The SMILES string of the molecule is Cc1ccccc1CC(CS)C(=O)Nc1nnn(CC(=O)O)n1. The van der Waals surface area contributed by atoms with Crippen LogP contribution in [0.25, 0.3) is 0 Å². The predicted molar refractivity (Wildman–Crippen MR) is 86.3 cm³/mol. The Morgan fingerprint density at radius 3 is 2.78 bits per heavy atom. The van der Waals surface area contributed by atoms with E-state index in [2.05, 4.69) is 33.4 Å². The number of thiol groups is 1. The number of carbonyl (C=O) groups excluding carboxylic acids is 1. The molecular formula is C14H17N5O3S. The molecule has 0 saturated heterocycles. The molecule has 1 aromatic heterocycles. The van der Waals surface area contributed by atoms with E-state index in [-0.39, 0.29) is 17.8 Å². The molecule has 9 heteroatoms. The highest BCUT2D eigenvalue weighted by Gasteiger charge is 2.20. The van der Waals surface area contributed by atoms with Gasteiger partial charge in [-0.2, -0.15) is 17.4 Å². The highest BCUT2D eigenvalue weighted by molar-refractivity contribution is 7.80. The van der Waals surface area contributed by atoms with Crippen LogP contribution < -0.4 is 5.32 Å². The summed E-state index contributed by atoms with van der Waals surface area (Å²) in [5.74, 6) is -1.38. The summed E-state index contributed by atoms with van der Waals surface area (Å²) in [5.41, 5.74) is 2.18. The van der Waals surface area contributed by atoms with Crippen LogP contribution in [0.4, 0.5) is 5.95 Å². The Hall–Kier alpha value is -2.42. The van der Waals surface area contributed by atoms with Crippen LogP contribution in [0.1, 0.15) is 11.1 Å². The molecule has 2 rings (SSSR count). The topological polar surface area (TPSA) is 110 Å². The normalized spacial score (nSPS) is 11.9. The quantitative estimate of drug-likeness (QED) is 0.646. The molecule has 2 aromatic rings. The van der Waals surface area contributed by atoms with Crippen molar-refractivity contribution in [2.24, 2.45) is 5.92 Å². The minimum Gasteiger partial charge on any atom is -0.480 e. The van der Waals surface area contributed by atoms with Crippen LogP contribution in [-0.2, 0) is 22.6 Å². The van der Waals surface area contributed by atoms with Gasteiger partial charge >= 0.3 is 5.97 Å². The van der Waals surface area contributed by atoms with E-state index in [0.717, 1.165) is 15.9 Å². The second-order valence-corrected chi connectivity index (χ2v) is 5.40. The molecular weight excluding hydrogens is 318 g/mol. The van der Waals surface area contributed by atoms with Crippen LogP contribution in [0.15, 0.2) is 24.3 Å². The number of carboxylic acid groups (broad SMARTS) is 1. The van der Waals surface area contributed by atoms with Crippen molar-refractivity contribution in [3.8, 4) is 0 Å². The maximum absolute atomic E-state index is 12.3. The largest absolute Gasteiger partial charge is 0.480 e. The van der Waals surface area contributed by atoms with Gasteiger partial charge in [-0.3, -0.25) is 14.9 Å². The molecule has 0 spiro atoms. The van der Waals surface area contributed by atoms with Gasteiger partial charge in [0.2, 0.25) is 5.91 Å². The monoisotopic (exact) mass is 335 g/mol. The van der Waals surface area contributed by atoms with Gasteiger partial charge in [0.25, 0.3) is 5.95 Å². The number of aryl methyl sites for hydroxylation is 1. The molecule has 1 unspecified atom stereocenters. The number of anilines is 1. The van der Waals surface area contributed by atoms with Gasteiger partial charge in [0.05, 0.1) is 5.92 Å². The molecule has 23 heavy (non-hydrogen) atoms. The van der Waals surface area contributed by atoms with Crippen molar-refractivity contribution in [2.75, 3.05) is 11.1 Å². The average Bonchev–Trinajstić information content (AvgIpc) is 2.92. The van der Waals surface area contributed by atoms with E-state index in [4.69, 9.17) is 5.11 Å². The van der Waals surface area contributed by atoms with Crippen molar-refractivity contribution in [1.29, 1.82) is 0 Å². The number of aromatic nitrogens is 4. The molecule has 0 fully saturated rings. The van der Waals surface area contributed by atoms with Crippen molar-refractivity contribution in [3.63, 3.8) is 0 Å². The summed E-state index contributed by atoms with van der Waals surface area (Å²) in [6.07, 6.45) is 0.547. The van der Waals surface area contributed by atoms with Gasteiger partial charge in [0.1, 0.15) is 0 Å². The van der Waals surface area contributed by atoms with Crippen LogP contribution in [0.5, 0.6) is 0 Å². The van der Waals surface area contributed by atoms with Crippen LogP contribution in [0, 0.1) is 12.8 Å². The van der Waals surface area contributed by atoms with Gasteiger partial charge in [0.15, 0.2) is 6.54 Å². The zero-order valence-corrected chi connectivity index (χ0v) is 13.4. The lowest BCUT2D eigenvalue weighted by Crippen LogP contribution is -2.27. The first-order valence-corrected chi connectivity index (χ1v) is 7.58. The molecule has 1 aromatic carbocycles. The summed E-state index contributed by atoms with van der Waals surface area (Å²) < 4.78 is 0. The van der Waals surface area contributed by atoms with Crippen LogP contribution in [0.3, 0.4) is 0 Å². The zero-order valence-electron chi connectivity index (χ0n) is 12.5. The van der Waals surface area contributed by atoms with Crippen molar-refractivity contribution < 1.29 is 14.7 Å². The lowest BCUT2D eigenvalue weighted by atomic mass is 9.97. The third-order valence-corrected chi connectivity index (χ3v) is 3.72. The molecule has 0 aliphatic carbocycles. The van der Waals surface area contributed by atoms with Crippen molar-refractivity contribution in [2.45, 2.75) is 19.9 Å². The first-order chi connectivity index (χ1) is 11.0. The maximum atomic E-state index is 12.3. The first-order valence-electron chi connectivity index (χ1n) is 6.95. The molecule has 2 N–H and O–H groups in total. The first kappa shape index (κ1) is 16.9. The van der Waals surface area contributed by atoms with Gasteiger partial charge in [-0.25, -0.2) is 0 Å². The van der Waals surface area contributed by atoms with Gasteiger partial charge in [0, 0.05) is 5.75 Å². The number of rotatable bonds is 7. The fourth-order valence-electron chi connectivity index (χ4n) is 2.04. The molecule has 0 aliphatic rings. The van der Waals surface area contributed by atoms with Crippen LogP contribution in [0.2, 0.25) is 0 Å². The van der Waals surface area contributed by atoms with E-state index >= 15 is 0 Å². The fourth-order valence-corrected chi connectivity index (χ4v) is 2.33. The van der Waals surface area contributed by atoms with Gasteiger partial charge in [-0.05, 0) is 29.7 Å². The van der Waals surface area contributed by atoms with E-state index in [0.29, 0.717) is 12.2 Å². The average molecular weight is 335 g/mol. The van der Waals surface area contributed by atoms with Crippen LogP contribution in [-0.4, -0.2) is 42.9 Å². The number of hydrogen-bond donors (Lipinski definition) is 3. The summed E-state index contributed by atoms with van der Waals surface area (Å²) >= 11 is 4.24. The number of nitrogens with zero attached hydrogens (tertiary/aromatic N) is 4. The van der Waals surface area contributed by atoms with Gasteiger partial charge < -0.3 is 5.11 Å². The van der Waals surface area contributed by atoms with E-state index in [1.165, 1.54) is 0 Å². The lowest BCUT2D eigenvalue weighted by Gasteiger charge is -2.14. The standard InChI is InChI=1S/C14H17N5O3S/c1-9-4-2-3-5-10(9)6-11(8-23)13(22)15-14-16-18-19(17-14)7-12(20)21/h2-5,11,23H,6-8H2,1H3,(H,20,21)(H,15,17,22). The lowest BCUT2D eigenvalue weighted by molar-refractivity contribution is -0.138. The molecule has 0 bridgehead atoms. The summed E-state index contributed by atoms with van der Waals surface area (Å²) in [6.45, 7) is 1.57. The maximum Gasteiger partial charge on any atom is 0.327 e. The minimum absolute atomic E-state index is 0.0205. The fraction of sp³-hybridized carbons (Fsp3) is 0.357. The number of tetrazole rings is 1. The number of aliphatic carboxylic acids is 1. The van der Waals surface area contributed by atoms with Crippen LogP contribution >= 0.6 is 12.6 Å². The molecule has 1 atom stereocenters. The van der Waals surface area contributed by atoms with E-state index in [1.807, 2.05) is 31.2 Å². The predicted octanol–water partition coefficient (Wildman–Crippen LogP) is 0.793. The Kier molecular flexibility index (Phi) is 5.69. The summed E-state index contributed by atoms with van der Waals surface area (Å²) in [4.78, 5) is 23.8. The van der Waals surface area contributed by atoms with E-state index in [9.17, 15) is 9.59 Å². The summed E-state index contributed by atoms with van der Waals surface area (Å²) in [5, 5.41) is 22.1. The van der Waals surface area contributed by atoms with E-state index < -0.39 is 12.5 Å². The second kappa shape index (κ2) is 7.73. The van der Waals surface area contributed by atoms with Crippen molar-refractivity contribution in [1.82, 2.24) is 20.2 Å². The minimum atomic E-state index is -1.09. The highest BCUT2D eigenvalue weighted by Crippen LogP contribution is 2.15. The molecule has 1 heterocycles. The summed E-state index contributed by atoms with van der Waals surface area (Å²) in [6, 6.07) is 7.83. The Morgan fingerprint density at radius 2 is 2.13 bits per heavy atom. The second-order valence-electron chi connectivity index (χ2n) is 5.04. The molecule has 122 valence electrons. The number of carboxylic acids is 1. The third-order valence-electron chi connectivity index (χ3n) is 3.28. The third kappa shape index (κ3) is 4.78. The molecule has 1 amide bonds. The van der Waals surface area contributed by atoms with E-state index in [1.54, 1.807) is 0 Å². The van der Waals surface area contributed by atoms with Gasteiger partial charge in [-0.15, -0.1) is 5.10 Å². The Bertz CT molecular complexity index is 703. The number of carbonyl (C=O) groups is 2. The Balaban J connectivity index is 2.01. The number of benzene rings is 1.